The molecule has 6 atom stereocenters. The van der Waals surface area contributed by atoms with Gasteiger partial charge in [-0.25, -0.2) is 0 Å². The van der Waals surface area contributed by atoms with E-state index in [9.17, 15) is 29.7 Å². The van der Waals surface area contributed by atoms with E-state index in [1.807, 2.05) is 0 Å². The number of aliphatic carboxylic acids is 1. The average Bonchev–Trinajstić information content (AvgIpc) is 2.68. The predicted octanol–water partition coefficient (Wildman–Crippen LogP) is -4.42. The zero-order valence-electron chi connectivity index (χ0n) is 16.8. The summed E-state index contributed by atoms with van der Waals surface area (Å²) in [6, 6.07) is -1.87. The third-order valence-corrected chi connectivity index (χ3v) is 4.68. The highest BCUT2D eigenvalue weighted by Gasteiger charge is 2.44. The second kappa shape index (κ2) is 12.1. The van der Waals surface area contributed by atoms with E-state index in [-0.39, 0.29) is 25.8 Å². The van der Waals surface area contributed by atoms with Crippen molar-refractivity contribution in [1.29, 1.82) is 0 Å². The first-order valence-electron chi connectivity index (χ1n) is 9.62. The summed E-state index contributed by atoms with van der Waals surface area (Å²) in [6.45, 7) is 0.847. The van der Waals surface area contributed by atoms with Crippen LogP contribution in [0.4, 0.5) is 0 Å². The molecule has 174 valence electrons. The van der Waals surface area contributed by atoms with Crippen molar-refractivity contribution in [1.82, 2.24) is 16.0 Å². The first-order chi connectivity index (χ1) is 14.0. The van der Waals surface area contributed by atoms with Gasteiger partial charge in [-0.15, -0.1) is 0 Å². The van der Waals surface area contributed by atoms with Crippen LogP contribution in [0, 0.1) is 0 Å². The molecule has 0 aromatic carbocycles. The van der Waals surface area contributed by atoms with Crippen LogP contribution in [-0.4, -0.2) is 106 Å². The molecule has 13 nitrogen and oxygen atoms in total. The fourth-order valence-corrected chi connectivity index (χ4v) is 2.90. The van der Waals surface area contributed by atoms with Crippen molar-refractivity contribution < 1.29 is 44.7 Å². The quantitative estimate of drug-likeness (QED) is 0.133. The Labute approximate surface area is 173 Å². The third kappa shape index (κ3) is 8.47. The molecule has 1 rings (SSSR count). The first kappa shape index (κ1) is 26.2. The smallest absolute Gasteiger partial charge is 0.322 e. The lowest BCUT2D eigenvalue weighted by atomic mass is 9.94. The van der Waals surface area contributed by atoms with Crippen molar-refractivity contribution in [2.75, 3.05) is 26.2 Å². The van der Waals surface area contributed by atoms with Crippen LogP contribution in [0.15, 0.2) is 0 Å². The molecule has 1 heterocycles. The number of rotatable bonds is 12. The lowest BCUT2D eigenvalue weighted by Gasteiger charge is -2.42. The van der Waals surface area contributed by atoms with Crippen LogP contribution in [-0.2, 0) is 19.1 Å². The van der Waals surface area contributed by atoms with Crippen LogP contribution >= 0.6 is 0 Å². The number of carboxylic acid groups (broad SMARTS) is 1. The number of hydrogen-bond donors (Lipinski definition) is 9. The highest BCUT2D eigenvalue weighted by Crippen LogP contribution is 2.29. The Bertz CT molecular complexity index is 594. The maximum atomic E-state index is 12.0. The monoisotopic (exact) mass is 436 g/mol. The first-order valence-corrected chi connectivity index (χ1v) is 9.62. The van der Waals surface area contributed by atoms with Gasteiger partial charge in [0.05, 0.1) is 18.8 Å². The number of amides is 2. The van der Waals surface area contributed by atoms with Crippen molar-refractivity contribution in [3.8, 4) is 0 Å². The molecule has 1 aliphatic heterocycles. The number of nitrogens with one attached hydrogen (secondary N) is 3. The average molecular weight is 436 g/mol. The van der Waals surface area contributed by atoms with Crippen LogP contribution in [0.2, 0.25) is 0 Å². The lowest BCUT2D eigenvalue weighted by Crippen LogP contribution is -2.56. The van der Waals surface area contributed by atoms with Crippen LogP contribution in [0.5, 0.6) is 0 Å². The predicted molar refractivity (Wildman–Crippen MR) is 102 cm³/mol. The summed E-state index contributed by atoms with van der Waals surface area (Å²) < 4.78 is 5.26. The van der Waals surface area contributed by atoms with E-state index in [4.69, 9.17) is 20.7 Å². The van der Waals surface area contributed by atoms with Crippen molar-refractivity contribution in [2.45, 2.75) is 62.4 Å². The van der Waals surface area contributed by atoms with E-state index in [0.717, 1.165) is 0 Å². The second-order valence-corrected chi connectivity index (χ2v) is 7.28. The SMILES string of the molecule is CC(NC(=O)C(N)CCNCCC1(O)C[C@@H](O)C(O)C(CO)O1)C(=O)NCC(=O)O. The Balaban J connectivity index is 2.29. The molecule has 1 aliphatic rings. The van der Waals surface area contributed by atoms with Crippen LogP contribution in [0.1, 0.15) is 26.2 Å². The Morgan fingerprint density at radius 3 is 2.50 bits per heavy atom. The molecule has 13 heteroatoms. The topological polar surface area (TPSA) is 224 Å². The van der Waals surface area contributed by atoms with Gasteiger partial charge in [-0.3, -0.25) is 14.4 Å². The Kier molecular flexibility index (Phi) is 10.6. The molecule has 0 aromatic heterocycles. The minimum Gasteiger partial charge on any atom is -0.480 e. The standard InChI is InChI=1S/C17H32N4O9/c1-9(15(27)20-7-13(24)25)21-16(28)10(18)2-4-19-5-3-17(29)6-11(23)14(26)12(8-22)30-17/h9-12,14,19,22-23,26,29H,2-8,18H2,1H3,(H,20,27)(H,21,28)(H,24,25)/t9?,10?,11-,12?,14?,17?/m1/s1. The zero-order valence-corrected chi connectivity index (χ0v) is 16.8. The fraction of sp³-hybridized carbons (Fsp3) is 0.824. The van der Waals surface area contributed by atoms with E-state index in [1.165, 1.54) is 6.92 Å². The fourth-order valence-electron chi connectivity index (χ4n) is 2.90. The van der Waals surface area contributed by atoms with Crippen LogP contribution in [0.25, 0.3) is 0 Å². The van der Waals surface area contributed by atoms with Gasteiger partial charge < -0.3 is 52.0 Å². The molecule has 5 unspecified atom stereocenters. The van der Waals surface area contributed by atoms with Gasteiger partial charge in [0, 0.05) is 19.4 Å². The van der Waals surface area contributed by atoms with Crippen molar-refractivity contribution in [3.05, 3.63) is 0 Å². The zero-order chi connectivity index (χ0) is 22.9. The highest BCUT2D eigenvalue weighted by atomic mass is 16.6. The molecule has 0 aromatic rings. The van der Waals surface area contributed by atoms with Gasteiger partial charge in [-0.2, -0.15) is 0 Å². The third-order valence-electron chi connectivity index (χ3n) is 4.68. The van der Waals surface area contributed by atoms with Crippen LogP contribution < -0.4 is 21.7 Å². The summed E-state index contributed by atoms with van der Waals surface area (Å²) in [4.78, 5) is 34.1. The molecule has 0 aliphatic carbocycles. The molecule has 1 fully saturated rings. The number of carbonyl (C=O) groups is 3. The van der Waals surface area contributed by atoms with E-state index < -0.39 is 67.1 Å². The van der Waals surface area contributed by atoms with E-state index in [1.54, 1.807) is 0 Å². The molecular formula is C17H32N4O9. The Morgan fingerprint density at radius 1 is 1.23 bits per heavy atom. The van der Waals surface area contributed by atoms with Crippen molar-refractivity contribution in [2.24, 2.45) is 5.73 Å². The number of carboxylic acids is 1. The molecule has 0 radical (unpaired) electrons. The van der Waals surface area contributed by atoms with Gasteiger partial charge in [0.2, 0.25) is 11.8 Å². The molecule has 10 N–H and O–H groups in total. The van der Waals surface area contributed by atoms with Crippen LogP contribution in [0.3, 0.4) is 0 Å². The van der Waals surface area contributed by atoms with E-state index >= 15 is 0 Å². The van der Waals surface area contributed by atoms with Crippen molar-refractivity contribution >= 4 is 17.8 Å². The number of nitrogens with two attached hydrogens (primary N) is 1. The molecular weight excluding hydrogens is 404 g/mol. The van der Waals surface area contributed by atoms with Gasteiger partial charge in [0.1, 0.15) is 24.8 Å². The number of carbonyl (C=O) groups excluding carboxylic acids is 2. The molecule has 0 bridgehead atoms. The largest absolute Gasteiger partial charge is 0.480 e. The number of hydrogen-bond acceptors (Lipinski definition) is 10. The summed E-state index contributed by atoms with van der Waals surface area (Å²) in [5.74, 6) is -4.14. The van der Waals surface area contributed by atoms with Crippen molar-refractivity contribution in [3.63, 3.8) is 0 Å². The summed E-state index contributed by atoms with van der Waals surface area (Å²) >= 11 is 0. The summed E-state index contributed by atoms with van der Waals surface area (Å²) in [7, 11) is 0. The molecule has 2 amide bonds. The minimum atomic E-state index is -1.71. The Morgan fingerprint density at radius 2 is 1.90 bits per heavy atom. The van der Waals surface area contributed by atoms with Gasteiger partial charge >= 0.3 is 5.97 Å². The van der Waals surface area contributed by atoms with E-state index in [2.05, 4.69) is 16.0 Å². The highest BCUT2D eigenvalue weighted by molar-refractivity contribution is 5.90. The molecule has 0 saturated carbocycles. The van der Waals surface area contributed by atoms with Gasteiger partial charge in [-0.05, 0) is 19.9 Å². The maximum absolute atomic E-state index is 12.0. The van der Waals surface area contributed by atoms with Gasteiger partial charge in [0.15, 0.2) is 5.79 Å². The number of aliphatic hydroxyl groups is 4. The molecule has 30 heavy (non-hydrogen) atoms. The lowest BCUT2D eigenvalue weighted by molar-refractivity contribution is -0.306. The number of aliphatic hydroxyl groups excluding tert-OH is 3. The molecule has 1 saturated heterocycles. The van der Waals surface area contributed by atoms with Gasteiger partial charge in [0.25, 0.3) is 0 Å². The number of ether oxygens (including phenoxy) is 1. The minimum absolute atomic E-state index is 0.0650. The second-order valence-electron chi connectivity index (χ2n) is 7.28. The van der Waals surface area contributed by atoms with Gasteiger partial charge in [-0.1, -0.05) is 0 Å². The summed E-state index contributed by atoms with van der Waals surface area (Å²) in [6.07, 6.45) is -3.53. The van der Waals surface area contributed by atoms with E-state index in [0.29, 0.717) is 6.54 Å². The molecule has 0 spiro atoms. The Hall–Kier alpha value is -1.87. The maximum Gasteiger partial charge on any atom is 0.322 e. The summed E-state index contributed by atoms with van der Waals surface area (Å²) in [5, 5.41) is 55.0. The normalized spacial score (nSPS) is 28.4. The summed E-state index contributed by atoms with van der Waals surface area (Å²) in [5.41, 5.74) is 5.77.